The van der Waals surface area contributed by atoms with Crippen molar-refractivity contribution in [2.24, 2.45) is 0 Å². The van der Waals surface area contributed by atoms with Crippen LogP contribution >= 0.6 is 0 Å². The first kappa shape index (κ1) is 15.9. The molecule has 0 aliphatic carbocycles. The van der Waals surface area contributed by atoms with Crippen molar-refractivity contribution in [3.05, 3.63) is 30.1 Å². The number of amides is 1. The van der Waals surface area contributed by atoms with Crippen LogP contribution in [0.3, 0.4) is 0 Å². The minimum absolute atomic E-state index is 0.0744. The third kappa shape index (κ3) is 5.66. The average molecular weight is 285 g/mol. The smallest absolute Gasteiger partial charge is 0.328 e. The van der Waals surface area contributed by atoms with Crippen LogP contribution in [-0.2, 0) is 9.59 Å². The standard InChI is InChI=1S/C13H16FNO5/c14-9-3-5-10(6-4-9)20-7-1-2-12(17)15-11(8-16)13(18)19/h3-6,11,16H,1-2,7-8H2,(H,15,17)(H,18,19). The molecule has 0 aromatic heterocycles. The lowest BCUT2D eigenvalue weighted by Crippen LogP contribution is -2.43. The highest BCUT2D eigenvalue weighted by molar-refractivity contribution is 5.83. The Bertz CT molecular complexity index is 449. The van der Waals surface area contributed by atoms with E-state index in [1.807, 2.05) is 0 Å². The van der Waals surface area contributed by atoms with Gasteiger partial charge in [0, 0.05) is 6.42 Å². The molecule has 7 heteroatoms. The minimum atomic E-state index is -1.29. The van der Waals surface area contributed by atoms with Gasteiger partial charge in [-0.1, -0.05) is 0 Å². The predicted molar refractivity (Wildman–Crippen MR) is 67.8 cm³/mol. The Morgan fingerprint density at radius 3 is 2.50 bits per heavy atom. The Kier molecular flexibility index (Phi) is 6.45. The van der Waals surface area contributed by atoms with Crippen LogP contribution < -0.4 is 10.1 Å². The summed E-state index contributed by atoms with van der Waals surface area (Å²) in [6, 6.07) is 4.19. The molecule has 0 aliphatic rings. The largest absolute Gasteiger partial charge is 0.494 e. The van der Waals surface area contributed by atoms with Crippen molar-refractivity contribution < 1.29 is 28.9 Å². The van der Waals surface area contributed by atoms with Gasteiger partial charge in [-0.3, -0.25) is 4.79 Å². The van der Waals surface area contributed by atoms with E-state index in [4.69, 9.17) is 14.9 Å². The van der Waals surface area contributed by atoms with Gasteiger partial charge in [0.05, 0.1) is 13.2 Å². The molecule has 0 fully saturated rings. The molecule has 0 heterocycles. The lowest BCUT2D eigenvalue weighted by atomic mass is 10.2. The Labute approximate surface area is 115 Å². The molecule has 6 nitrogen and oxygen atoms in total. The monoisotopic (exact) mass is 285 g/mol. The molecule has 1 aromatic rings. The van der Waals surface area contributed by atoms with Crippen molar-refractivity contribution in [3.63, 3.8) is 0 Å². The van der Waals surface area contributed by atoms with Crippen LogP contribution in [0.4, 0.5) is 4.39 Å². The molecule has 0 spiro atoms. The first-order valence-corrected chi connectivity index (χ1v) is 6.04. The van der Waals surface area contributed by atoms with Gasteiger partial charge in [0.15, 0.2) is 0 Å². The van der Waals surface area contributed by atoms with E-state index in [1.54, 1.807) is 0 Å². The Hall–Kier alpha value is -2.15. The normalized spacial score (nSPS) is 11.7. The summed E-state index contributed by atoms with van der Waals surface area (Å²) in [4.78, 5) is 22.0. The number of carbonyl (C=O) groups is 2. The van der Waals surface area contributed by atoms with Crippen molar-refractivity contribution >= 4 is 11.9 Å². The van der Waals surface area contributed by atoms with E-state index in [1.165, 1.54) is 24.3 Å². The molecule has 1 atom stereocenters. The molecule has 1 unspecified atom stereocenters. The van der Waals surface area contributed by atoms with Crippen LogP contribution in [0.25, 0.3) is 0 Å². The number of carbonyl (C=O) groups excluding carboxylic acids is 1. The summed E-state index contributed by atoms with van der Waals surface area (Å²) < 4.78 is 17.9. The van der Waals surface area contributed by atoms with Gasteiger partial charge < -0.3 is 20.3 Å². The summed E-state index contributed by atoms with van der Waals surface area (Å²) in [7, 11) is 0. The fourth-order valence-corrected chi connectivity index (χ4v) is 1.41. The summed E-state index contributed by atoms with van der Waals surface area (Å²) in [5.74, 6) is -1.64. The second-order valence-corrected chi connectivity index (χ2v) is 4.05. The van der Waals surface area contributed by atoms with Crippen LogP contribution in [0.1, 0.15) is 12.8 Å². The number of carboxylic acids is 1. The molecule has 0 saturated heterocycles. The summed E-state index contributed by atoms with van der Waals surface area (Å²) >= 11 is 0. The van der Waals surface area contributed by atoms with E-state index in [2.05, 4.69) is 5.32 Å². The highest BCUT2D eigenvalue weighted by atomic mass is 19.1. The maximum atomic E-state index is 12.6. The number of aliphatic hydroxyl groups is 1. The molecule has 0 saturated carbocycles. The zero-order valence-electron chi connectivity index (χ0n) is 10.7. The van der Waals surface area contributed by atoms with E-state index in [9.17, 15) is 14.0 Å². The van der Waals surface area contributed by atoms with Crippen molar-refractivity contribution in [2.45, 2.75) is 18.9 Å². The molecular formula is C13H16FNO5. The first-order chi connectivity index (χ1) is 9.52. The Balaban J connectivity index is 2.22. The fraction of sp³-hybridized carbons (Fsp3) is 0.385. The zero-order chi connectivity index (χ0) is 15.0. The lowest BCUT2D eigenvalue weighted by Gasteiger charge is -2.11. The second kappa shape index (κ2) is 8.11. The highest BCUT2D eigenvalue weighted by Crippen LogP contribution is 2.11. The molecule has 0 radical (unpaired) electrons. The van der Waals surface area contributed by atoms with Gasteiger partial charge >= 0.3 is 5.97 Å². The zero-order valence-corrected chi connectivity index (χ0v) is 10.7. The van der Waals surface area contributed by atoms with E-state index in [0.29, 0.717) is 12.2 Å². The van der Waals surface area contributed by atoms with Crippen molar-refractivity contribution in [2.75, 3.05) is 13.2 Å². The number of halogens is 1. The van der Waals surface area contributed by atoms with Gasteiger partial charge in [0.1, 0.15) is 17.6 Å². The topological polar surface area (TPSA) is 95.9 Å². The quantitative estimate of drug-likeness (QED) is 0.606. The number of benzene rings is 1. The van der Waals surface area contributed by atoms with Gasteiger partial charge in [-0.2, -0.15) is 0 Å². The number of aliphatic carboxylic acids is 1. The summed E-state index contributed by atoms with van der Waals surface area (Å²) in [6.45, 7) is -0.414. The number of carboxylic acid groups (broad SMARTS) is 1. The maximum Gasteiger partial charge on any atom is 0.328 e. The second-order valence-electron chi connectivity index (χ2n) is 4.05. The SMILES string of the molecule is O=C(CCCOc1ccc(F)cc1)NC(CO)C(=O)O. The Morgan fingerprint density at radius 2 is 1.95 bits per heavy atom. The van der Waals surface area contributed by atoms with Gasteiger partial charge in [-0.25, -0.2) is 9.18 Å². The minimum Gasteiger partial charge on any atom is -0.494 e. The molecule has 0 bridgehead atoms. The molecule has 1 rings (SSSR count). The molecular weight excluding hydrogens is 269 g/mol. The van der Waals surface area contributed by atoms with Crippen molar-refractivity contribution in [1.82, 2.24) is 5.32 Å². The number of nitrogens with one attached hydrogen (secondary N) is 1. The van der Waals surface area contributed by atoms with Gasteiger partial charge in [-0.05, 0) is 30.7 Å². The summed E-state index contributed by atoms with van der Waals surface area (Å²) in [5.41, 5.74) is 0. The number of hydrogen-bond donors (Lipinski definition) is 3. The molecule has 110 valence electrons. The van der Waals surface area contributed by atoms with E-state index in [-0.39, 0.29) is 18.8 Å². The van der Waals surface area contributed by atoms with E-state index >= 15 is 0 Å². The summed E-state index contributed by atoms with van der Waals surface area (Å²) in [5, 5.41) is 19.6. The van der Waals surface area contributed by atoms with Crippen LogP contribution in [0.2, 0.25) is 0 Å². The van der Waals surface area contributed by atoms with Gasteiger partial charge in [-0.15, -0.1) is 0 Å². The van der Waals surface area contributed by atoms with E-state index < -0.39 is 24.5 Å². The highest BCUT2D eigenvalue weighted by Gasteiger charge is 2.18. The van der Waals surface area contributed by atoms with Gasteiger partial charge in [0.2, 0.25) is 5.91 Å². The lowest BCUT2D eigenvalue weighted by molar-refractivity contribution is -0.142. The number of aliphatic hydroxyl groups excluding tert-OH is 1. The third-order valence-corrected chi connectivity index (χ3v) is 2.45. The molecule has 1 aromatic carbocycles. The molecule has 3 N–H and O–H groups in total. The van der Waals surface area contributed by atoms with Crippen LogP contribution in [-0.4, -0.2) is 41.3 Å². The third-order valence-electron chi connectivity index (χ3n) is 2.45. The first-order valence-electron chi connectivity index (χ1n) is 6.04. The number of ether oxygens (including phenoxy) is 1. The molecule has 1 amide bonds. The van der Waals surface area contributed by atoms with E-state index in [0.717, 1.165) is 0 Å². The molecule has 20 heavy (non-hydrogen) atoms. The predicted octanol–water partition coefficient (Wildman–Crippen LogP) is 0.546. The fourth-order valence-electron chi connectivity index (χ4n) is 1.41. The number of rotatable bonds is 8. The average Bonchev–Trinajstić information content (AvgIpc) is 2.42. The van der Waals surface area contributed by atoms with Crippen molar-refractivity contribution in [3.8, 4) is 5.75 Å². The van der Waals surface area contributed by atoms with Crippen molar-refractivity contribution in [1.29, 1.82) is 0 Å². The Morgan fingerprint density at radius 1 is 1.30 bits per heavy atom. The summed E-state index contributed by atoms with van der Waals surface area (Å²) in [6.07, 6.45) is 0.450. The molecule has 0 aliphatic heterocycles. The van der Waals surface area contributed by atoms with Crippen LogP contribution in [0, 0.1) is 5.82 Å². The maximum absolute atomic E-state index is 12.6. The van der Waals surface area contributed by atoms with Crippen LogP contribution in [0.5, 0.6) is 5.75 Å². The number of hydrogen-bond acceptors (Lipinski definition) is 4. The van der Waals surface area contributed by atoms with Crippen LogP contribution in [0.15, 0.2) is 24.3 Å². The van der Waals surface area contributed by atoms with Gasteiger partial charge in [0.25, 0.3) is 0 Å².